The van der Waals surface area contributed by atoms with Crippen LogP contribution in [-0.4, -0.2) is 60.4 Å². The van der Waals surface area contributed by atoms with Crippen LogP contribution in [0.2, 0.25) is 5.02 Å². The minimum Gasteiger partial charge on any atom is -0.362 e. The van der Waals surface area contributed by atoms with Gasteiger partial charge in [-0.2, -0.15) is 0 Å². The molecular formula is C21H25ClN4O3. The topological polar surface area (TPSA) is 69.9 Å². The fraction of sp³-hybridized carbons (Fsp3) is 0.381. The summed E-state index contributed by atoms with van der Waals surface area (Å²) in [5, 5.41) is 12.0. The Balaban J connectivity index is 1.58. The van der Waals surface area contributed by atoms with Gasteiger partial charge in [-0.1, -0.05) is 41.9 Å². The number of likely N-dealkylation sites (N-methyl/N-ethyl adjacent to an activating group) is 1. The molecular weight excluding hydrogens is 392 g/mol. The highest BCUT2D eigenvalue weighted by atomic mass is 35.5. The number of anilines is 1. The Morgan fingerprint density at radius 2 is 1.76 bits per heavy atom. The second kappa shape index (κ2) is 9.24. The van der Waals surface area contributed by atoms with Crippen molar-refractivity contribution >= 4 is 28.9 Å². The summed E-state index contributed by atoms with van der Waals surface area (Å²) in [6.45, 7) is 4.54. The molecule has 0 aliphatic carbocycles. The summed E-state index contributed by atoms with van der Waals surface area (Å²) < 4.78 is 0. The molecule has 0 radical (unpaired) electrons. The molecule has 154 valence electrons. The van der Waals surface area contributed by atoms with Gasteiger partial charge in [0, 0.05) is 43.3 Å². The predicted molar refractivity (Wildman–Crippen MR) is 114 cm³/mol. The Morgan fingerprint density at radius 3 is 2.41 bits per heavy atom. The van der Waals surface area contributed by atoms with Crippen molar-refractivity contribution in [3.63, 3.8) is 0 Å². The zero-order valence-electron chi connectivity index (χ0n) is 16.6. The lowest BCUT2D eigenvalue weighted by Gasteiger charge is -2.37. The van der Waals surface area contributed by atoms with E-state index in [1.165, 1.54) is 6.07 Å². The van der Waals surface area contributed by atoms with Crippen LogP contribution in [0.15, 0.2) is 48.5 Å². The highest BCUT2D eigenvalue weighted by Crippen LogP contribution is 2.29. The van der Waals surface area contributed by atoms with Crippen molar-refractivity contribution in [1.29, 1.82) is 0 Å². The van der Waals surface area contributed by atoms with Crippen LogP contribution in [-0.2, 0) is 4.79 Å². The minimum absolute atomic E-state index is 0.0147. The molecule has 1 amide bonds. The number of halogens is 1. The van der Waals surface area contributed by atoms with Gasteiger partial charge in [-0.05, 0) is 31.7 Å². The summed E-state index contributed by atoms with van der Waals surface area (Å²) in [6, 6.07) is 14.4. The van der Waals surface area contributed by atoms with Crippen LogP contribution in [0.4, 0.5) is 11.4 Å². The van der Waals surface area contributed by atoms with Crippen molar-refractivity contribution in [2.75, 3.05) is 44.7 Å². The molecule has 0 N–H and O–H groups in total. The molecule has 29 heavy (non-hydrogen) atoms. The summed E-state index contributed by atoms with van der Waals surface area (Å²) in [5.74, 6) is 0.0496. The lowest BCUT2D eigenvalue weighted by molar-refractivity contribution is -0.384. The maximum atomic E-state index is 12.8. The molecule has 3 rings (SSSR count). The van der Waals surface area contributed by atoms with E-state index in [4.69, 9.17) is 11.6 Å². The quantitative estimate of drug-likeness (QED) is 0.531. The van der Waals surface area contributed by atoms with Gasteiger partial charge < -0.3 is 9.80 Å². The predicted octanol–water partition coefficient (Wildman–Crippen LogP) is 3.59. The van der Waals surface area contributed by atoms with E-state index < -0.39 is 0 Å². The summed E-state index contributed by atoms with van der Waals surface area (Å²) in [5.41, 5.74) is 1.69. The van der Waals surface area contributed by atoms with E-state index in [9.17, 15) is 14.9 Å². The molecule has 2 aromatic carbocycles. The van der Waals surface area contributed by atoms with E-state index in [1.54, 1.807) is 18.2 Å². The first kappa shape index (κ1) is 21.1. The monoisotopic (exact) mass is 416 g/mol. The fourth-order valence-electron chi connectivity index (χ4n) is 3.58. The maximum Gasteiger partial charge on any atom is 0.292 e. The SMILES string of the molecule is CC(c1ccccc1Cl)N(C)CC(=O)N1CCN(c2ccccc2[N+](=O)[O-])CC1. The van der Waals surface area contributed by atoms with Crippen LogP contribution >= 0.6 is 11.6 Å². The van der Waals surface area contributed by atoms with Crippen molar-refractivity contribution in [1.82, 2.24) is 9.80 Å². The van der Waals surface area contributed by atoms with Gasteiger partial charge in [0.15, 0.2) is 0 Å². The molecule has 1 aliphatic heterocycles. The molecule has 1 heterocycles. The molecule has 0 saturated carbocycles. The molecule has 2 aromatic rings. The number of rotatable bonds is 6. The number of carbonyl (C=O) groups is 1. The Morgan fingerprint density at radius 1 is 1.14 bits per heavy atom. The highest BCUT2D eigenvalue weighted by Gasteiger charge is 2.26. The number of carbonyl (C=O) groups excluding carboxylic acids is 1. The van der Waals surface area contributed by atoms with Crippen LogP contribution in [0.3, 0.4) is 0 Å². The second-order valence-corrected chi connectivity index (χ2v) is 7.63. The summed E-state index contributed by atoms with van der Waals surface area (Å²) in [4.78, 5) is 29.4. The zero-order chi connectivity index (χ0) is 21.0. The average molecular weight is 417 g/mol. The number of nitrogens with zero attached hydrogens (tertiary/aromatic N) is 4. The van der Waals surface area contributed by atoms with E-state index in [0.29, 0.717) is 36.9 Å². The third kappa shape index (κ3) is 4.86. The van der Waals surface area contributed by atoms with Gasteiger partial charge in [-0.15, -0.1) is 0 Å². The van der Waals surface area contributed by atoms with E-state index in [1.807, 2.05) is 52.9 Å². The number of piperazine rings is 1. The molecule has 1 fully saturated rings. The summed E-state index contributed by atoms with van der Waals surface area (Å²) in [7, 11) is 1.91. The largest absolute Gasteiger partial charge is 0.362 e. The molecule has 1 saturated heterocycles. The standard InChI is InChI=1S/C21H25ClN4O3/c1-16(17-7-3-4-8-18(17)22)23(2)15-21(27)25-13-11-24(12-14-25)19-9-5-6-10-20(19)26(28)29/h3-10,16H,11-15H2,1-2H3. The van der Waals surface area contributed by atoms with Crippen LogP contribution in [0.25, 0.3) is 0 Å². The normalized spacial score (nSPS) is 15.4. The van der Waals surface area contributed by atoms with Crippen molar-refractivity contribution in [2.45, 2.75) is 13.0 Å². The Hall–Kier alpha value is -2.64. The maximum absolute atomic E-state index is 12.8. The number of hydrogen-bond donors (Lipinski definition) is 0. The lowest BCUT2D eigenvalue weighted by atomic mass is 10.1. The molecule has 0 spiro atoms. The number of para-hydroxylation sites is 2. The number of benzene rings is 2. The molecule has 1 aliphatic rings. The van der Waals surface area contributed by atoms with E-state index in [-0.39, 0.29) is 29.1 Å². The number of nitro groups is 1. The van der Waals surface area contributed by atoms with E-state index >= 15 is 0 Å². The lowest BCUT2D eigenvalue weighted by Crippen LogP contribution is -2.51. The first-order valence-corrected chi connectivity index (χ1v) is 9.97. The summed E-state index contributed by atoms with van der Waals surface area (Å²) >= 11 is 6.28. The average Bonchev–Trinajstić information content (AvgIpc) is 2.73. The van der Waals surface area contributed by atoms with Gasteiger partial charge in [0.1, 0.15) is 5.69 Å². The van der Waals surface area contributed by atoms with Crippen LogP contribution in [0, 0.1) is 10.1 Å². The smallest absolute Gasteiger partial charge is 0.292 e. The Labute approximate surface area is 175 Å². The van der Waals surface area contributed by atoms with Crippen molar-refractivity contribution < 1.29 is 9.72 Å². The second-order valence-electron chi connectivity index (χ2n) is 7.23. The van der Waals surface area contributed by atoms with Crippen LogP contribution in [0.1, 0.15) is 18.5 Å². The molecule has 0 bridgehead atoms. The molecule has 7 nitrogen and oxygen atoms in total. The van der Waals surface area contributed by atoms with Gasteiger partial charge in [-0.3, -0.25) is 19.8 Å². The molecule has 8 heteroatoms. The van der Waals surface area contributed by atoms with Crippen molar-refractivity contribution in [3.8, 4) is 0 Å². The van der Waals surface area contributed by atoms with Gasteiger partial charge in [0.05, 0.1) is 11.5 Å². The molecule has 1 atom stereocenters. The zero-order valence-corrected chi connectivity index (χ0v) is 17.4. The van der Waals surface area contributed by atoms with Gasteiger partial charge in [-0.25, -0.2) is 0 Å². The van der Waals surface area contributed by atoms with E-state index in [2.05, 4.69) is 0 Å². The van der Waals surface area contributed by atoms with Gasteiger partial charge >= 0.3 is 0 Å². The third-order valence-electron chi connectivity index (χ3n) is 5.45. The molecule has 1 unspecified atom stereocenters. The fourth-order valence-corrected chi connectivity index (χ4v) is 3.88. The number of nitro benzene ring substituents is 1. The highest BCUT2D eigenvalue weighted by molar-refractivity contribution is 6.31. The summed E-state index contributed by atoms with van der Waals surface area (Å²) in [6.07, 6.45) is 0. The van der Waals surface area contributed by atoms with Gasteiger partial charge in [0.2, 0.25) is 5.91 Å². The third-order valence-corrected chi connectivity index (χ3v) is 5.80. The Bertz CT molecular complexity index is 884. The number of amides is 1. The van der Waals surface area contributed by atoms with E-state index in [0.717, 1.165) is 5.56 Å². The van der Waals surface area contributed by atoms with Gasteiger partial charge in [0.25, 0.3) is 5.69 Å². The molecule has 0 aromatic heterocycles. The Kier molecular flexibility index (Phi) is 6.71. The van der Waals surface area contributed by atoms with Crippen molar-refractivity contribution in [2.24, 2.45) is 0 Å². The van der Waals surface area contributed by atoms with Crippen molar-refractivity contribution in [3.05, 3.63) is 69.2 Å². The minimum atomic E-state index is -0.363. The first-order chi connectivity index (χ1) is 13.9. The van der Waals surface area contributed by atoms with Crippen LogP contribution < -0.4 is 4.90 Å². The first-order valence-electron chi connectivity index (χ1n) is 9.59. The number of hydrogen-bond acceptors (Lipinski definition) is 5. The van der Waals surface area contributed by atoms with Crippen LogP contribution in [0.5, 0.6) is 0 Å².